The van der Waals surface area contributed by atoms with Crippen molar-refractivity contribution < 1.29 is 19.2 Å². The molecule has 1 aromatic heterocycles. The Balaban J connectivity index is 1.57. The standard InChI is InChI=1S/C22H26BrN7O4/c1-22(2,19(24)33)20(34)26-10-4-9-25-18-15(23)12-27-21(29-18)28-13-5-3-6-14(11-13)30-16(31)7-8-17(30)32/h3,5-6,11-12H,4,7-10H2,1-2H3,(H2,24,33)(H,26,34)(H2,25,27,28,29). The van der Waals surface area contributed by atoms with Crippen LogP contribution in [-0.2, 0) is 19.2 Å². The van der Waals surface area contributed by atoms with Gasteiger partial charge in [0.15, 0.2) is 0 Å². The summed E-state index contributed by atoms with van der Waals surface area (Å²) in [5.74, 6) is -0.682. The Morgan fingerprint density at radius 1 is 1.18 bits per heavy atom. The van der Waals surface area contributed by atoms with Crippen LogP contribution in [0.15, 0.2) is 34.9 Å². The summed E-state index contributed by atoms with van der Waals surface area (Å²) in [6, 6.07) is 6.91. The van der Waals surface area contributed by atoms with Crippen molar-refractivity contribution in [2.75, 3.05) is 28.6 Å². The number of aromatic nitrogens is 2. The van der Waals surface area contributed by atoms with Gasteiger partial charge >= 0.3 is 0 Å². The smallest absolute Gasteiger partial charge is 0.235 e. The molecule has 34 heavy (non-hydrogen) atoms. The van der Waals surface area contributed by atoms with Gasteiger partial charge in [0.05, 0.1) is 10.2 Å². The fraction of sp³-hybridized carbons (Fsp3) is 0.364. The molecule has 2 aromatic rings. The molecule has 1 fully saturated rings. The highest BCUT2D eigenvalue weighted by molar-refractivity contribution is 9.10. The van der Waals surface area contributed by atoms with E-state index in [1.165, 1.54) is 18.7 Å². The molecule has 2 heterocycles. The Morgan fingerprint density at radius 2 is 1.88 bits per heavy atom. The number of anilines is 4. The van der Waals surface area contributed by atoms with Crippen LogP contribution in [0.3, 0.4) is 0 Å². The Hall–Kier alpha value is -3.54. The zero-order valence-electron chi connectivity index (χ0n) is 18.9. The maximum Gasteiger partial charge on any atom is 0.235 e. The van der Waals surface area contributed by atoms with E-state index in [2.05, 4.69) is 41.8 Å². The third-order valence-electron chi connectivity index (χ3n) is 5.27. The first-order valence-corrected chi connectivity index (χ1v) is 11.5. The van der Waals surface area contributed by atoms with Gasteiger partial charge in [-0.05, 0) is 54.4 Å². The normalized spacial score (nSPS) is 13.7. The number of primary amides is 1. The molecule has 0 bridgehead atoms. The number of nitrogens with one attached hydrogen (secondary N) is 3. The number of imide groups is 1. The number of hydrogen-bond donors (Lipinski definition) is 4. The molecule has 0 atom stereocenters. The van der Waals surface area contributed by atoms with E-state index in [4.69, 9.17) is 5.73 Å². The van der Waals surface area contributed by atoms with E-state index in [1.54, 1.807) is 30.5 Å². The Kier molecular flexibility index (Phi) is 7.82. The molecule has 3 rings (SSSR count). The fourth-order valence-corrected chi connectivity index (χ4v) is 3.43. The SMILES string of the molecule is CC(C)(C(N)=O)C(=O)NCCCNc1nc(Nc2cccc(N3C(=O)CCC3=O)c2)ncc1Br. The number of hydrogen-bond acceptors (Lipinski definition) is 8. The quantitative estimate of drug-likeness (QED) is 0.206. The largest absolute Gasteiger partial charge is 0.369 e. The molecule has 12 heteroatoms. The third-order valence-corrected chi connectivity index (χ3v) is 5.85. The second kappa shape index (κ2) is 10.6. The van der Waals surface area contributed by atoms with Crippen LogP contribution in [-0.4, -0.2) is 46.7 Å². The van der Waals surface area contributed by atoms with Crippen LogP contribution in [0.1, 0.15) is 33.1 Å². The maximum absolute atomic E-state index is 12.0. The van der Waals surface area contributed by atoms with Crippen LogP contribution in [0.25, 0.3) is 0 Å². The molecule has 0 unspecified atom stereocenters. The van der Waals surface area contributed by atoms with Crippen molar-refractivity contribution >= 4 is 62.7 Å². The van der Waals surface area contributed by atoms with Crippen molar-refractivity contribution in [3.05, 3.63) is 34.9 Å². The van der Waals surface area contributed by atoms with E-state index in [0.29, 0.717) is 47.1 Å². The minimum Gasteiger partial charge on any atom is -0.369 e. The van der Waals surface area contributed by atoms with Gasteiger partial charge in [0.25, 0.3) is 0 Å². The van der Waals surface area contributed by atoms with Crippen molar-refractivity contribution in [1.29, 1.82) is 0 Å². The van der Waals surface area contributed by atoms with Crippen LogP contribution >= 0.6 is 15.9 Å². The highest BCUT2D eigenvalue weighted by atomic mass is 79.9. The highest BCUT2D eigenvalue weighted by Gasteiger charge is 2.33. The van der Waals surface area contributed by atoms with E-state index >= 15 is 0 Å². The van der Waals surface area contributed by atoms with Crippen LogP contribution in [0, 0.1) is 5.41 Å². The van der Waals surface area contributed by atoms with Gasteiger partial charge in [-0.15, -0.1) is 0 Å². The summed E-state index contributed by atoms with van der Waals surface area (Å²) in [4.78, 5) is 57.3. The van der Waals surface area contributed by atoms with E-state index in [0.717, 1.165) is 0 Å². The predicted octanol–water partition coefficient (Wildman–Crippen LogP) is 2.07. The number of rotatable bonds is 10. The van der Waals surface area contributed by atoms with Crippen molar-refractivity contribution in [3.8, 4) is 0 Å². The summed E-state index contributed by atoms with van der Waals surface area (Å²) < 4.78 is 0.652. The number of halogens is 1. The molecule has 4 amide bonds. The molecule has 1 aromatic carbocycles. The van der Waals surface area contributed by atoms with Gasteiger partial charge in [-0.2, -0.15) is 4.98 Å². The molecule has 1 aliphatic rings. The van der Waals surface area contributed by atoms with Gasteiger partial charge < -0.3 is 21.7 Å². The Labute approximate surface area is 205 Å². The monoisotopic (exact) mass is 531 g/mol. The van der Waals surface area contributed by atoms with Crippen molar-refractivity contribution in [1.82, 2.24) is 15.3 Å². The molecule has 180 valence electrons. The first kappa shape index (κ1) is 25.1. The summed E-state index contributed by atoms with van der Waals surface area (Å²) in [6.45, 7) is 3.82. The zero-order chi connectivity index (χ0) is 24.9. The Bertz CT molecular complexity index is 1110. The number of benzene rings is 1. The van der Waals surface area contributed by atoms with Gasteiger partial charge in [-0.3, -0.25) is 24.1 Å². The summed E-state index contributed by atoms with van der Waals surface area (Å²) >= 11 is 3.40. The van der Waals surface area contributed by atoms with Crippen molar-refractivity contribution in [3.63, 3.8) is 0 Å². The molecule has 0 radical (unpaired) electrons. The van der Waals surface area contributed by atoms with E-state index in [-0.39, 0.29) is 24.7 Å². The Morgan fingerprint density at radius 3 is 2.56 bits per heavy atom. The van der Waals surface area contributed by atoms with Crippen molar-refractivity contribution in [2.24, 2.45) is 11.1 Å². The van der Waals surface area contributed by atoms with Gasteiger partial charge in [0, 0.05) is 37.8 Å². The topological polar surface area (TPSA) is 159 Å². The average Bonchev–Trinajstić information content (AvgIpc) is 3.13. The average molecular weight is 532 g/mol. The summed E-state index contributed by atoms with van der Waals surface area (Å²) in [6.07, 6.45) is 2.60. The van der Waals surface area contributed by atoms with E-state index in [9.17, 15) is 19.2 Å². The summed E-state index contributed by atoms with van der Waals surface area (Å²) in [5.41, 5.74) is 5.10. The molecule has 1 saturated heterocycles. The van der Waals surface area contributed by atoms with E-state index < -0.39 is 17.2 Å². The van der Waals surface area contributed by atoms with Gasteiger partial charge in [0.2, 0.25) is 29.6 Å². The third kappa shape index (κ3) is 5.87. The number of carbonyl (C=O) groups excluding carboxylic acids is 4. The molecule has 0 saturated carbocycles. The predicted molar refractivity (Wildman–Crippen MR) is 130 cm³/mol. The first-order chi connectivity index (χ1) is 16.1. The van der Waals surface area contributed by atoms with Crippen LogP contribution in [0.5, 0.6) is 0 Å². The van der Waals surface area contributed by atoms with Gasteiger partial charge in [-0.1, -0.05) is 6.07 Å². The molecule has 1 aliphatic heterocycles. The lowest BCUT2D eigenvalue weighted by Gasteiger charge is -2.19. The van der Waals surface area contributed by atoms with Gasteiger partial charge in [0.1, 0.15) is 11.2 Å². The highest BCUT2D eigenvalue weighted by Crippen LogP contribution is 2.27. The molecule has 0 spiro atoms. The van der Waals surface area contributed by atoms with Crippen LogP contribution in [0.2, 0.25) is 0 Å². The number of amides is 4. The summed E-state index contributed by atoms with van der Waals surface area (Å²) in [5, 5.41) is 8.93. The lowest BCUT2D eigenvalue weighted by molar-refractivity contribution is -0.139. The maximum atomic E-state index is 12.0. The molecular weight excluding hydrogens is 506 g/mol. The second-order valence-electron chi connectivity index (χ2n) is 8.21. The number of nitrogens with two attached hydrogens (primary N) is 1. The van der Waals surface area contributed by atoms with Crippen LogP contribution in [0.4, 0.5) is 23.1 Å². The minimum absolute atomic E-state index is 0.216. The minimum atomic E-state index is -1.27. The number of carbonyl (C=O) groups is 4. The molecule has 11 nitrogen and oxygen atoms in total. The number of nitrogens with zero attached hydrogens (tertiary/aromatic N) is 3. The first-order valence-electron chi connectivity index (χ1n) is 10.7. The zero-order valence-corrected chi connectivity index (χ0v) is 20.4. The summed E-state index contributed by atoms with van der Waals surface area (Å²) in [7, 11) is 0. The lowest BCUT2D eigenvalue weighted by atomic mass is 9.91. The van der Waals surface area contributed by atoms with Gasteiger partial charge in [-0.25, -0.2) is 4.98 Å². The molecule has 5 N–H and O–H groups in total. The lowest BCUT2D eigenvalue weighted by Crippen LogP contribution is -2.46. The fourth-order valence-electron chi connectivity index (χ4n) is 3.10. The molecule has 0 aliphatic carbocycles. The molecular formula is C22H26BrN7O4. The van der Waals surface area contributed by atoms with Crippen LogP contribution < -0.4 is 26.6 Å². The van der Waals surface area contributed by atoms with E-state index in [1.807, 2.05) is 0 Å². The van der Waals surface area contributed by atoms with Crippen molar-refractivity contribution in [2.45, 2.75) is 33.1 Å². The second-order valence-corrected chi connectivity index (χ2v) is 9.07.